The summed E-state index contributed by atoms with van der Waals surface area (Å²) >= 11 is 0. The number of methoxy groups -OCH3 is 1. The van der Waals surface area contributed by atoms with Crippen molar-refractivity contribution >= 4 is 23.0 Å². The number of hydrogen-bond acceptors (Lipinski definition) is 7. The number of aliphatic hydroxyl groups is 1. The van der Waals surface area contributed by atoms with Gasteiger partial charge in [-0.1, -0.05) is 0 Å². The normalized spacial score (nSPS) is 13.2. The summed E-state index contributed by atoms with van der Waals surface area (Å²) < 4.78 is 11.0. The molecule has 0 atom stereocenters. The molecule has 1 amide bonds. The molecule has 32 heavy (non-hydrogen) atoms. The third-order valence-electron chi connectivity index (χ3n) is 5.42. The molecule has 0 spiro atoms. The standard InChI is InChI=1S/C23H23N3O6/c1-31-22-13-16(5-7-18(22)21-9-6-17(14-27)32-21)24-23(28)15-4-8-19(20(12-15)26(29)30)25-10-2-3-11-25/h4-9,12-13,27H,2-3,10-11,14H2,1H3,(H,24,28). The predicted molar refractivity (Wildman–Crippen MR) is 119 cm³/mol. The van der Waals surface area contributed by atoms with Crippen molar-refractivity contribution in [3.8, 4) is 17.1 Å². The largest absolute Gasteiger partial charge is 0.496 e. The number of nitrogens with zero attached hydrogens (tertiary/aromatic N) is 2. The third-order valence-corrected chi connectivity index (χ3v) is 5.42. The molecule has 2 heterocycles. The van der Waals surface area contributed by atoms with Gasteiger partial charge < -0.3 is 24.5 Å². The van der Waals surface area contributed by atoms with Crippen LogP contribution in [-0.4, -0.2) is 36.1 Å². The van der Waals surface area contributed by atoms with Gasteiger partial charge in [-0.3, -0.25) is 14.9 Å². The predicted octanol–water partition coefficient (Wildman–Crippen LogP) is 4.21. The number of anilines is 2. The number of ether oxygens (including phenoxy) is 1. The average molecular weight is 437 g/mol. The molecule has 9 nitrogen and oxygen atoms in total. The molecule has 2 N–H and O–H groups in total. The molecule has 1 aliphatic rings. The molecule has 166 valence electrons. The Kier molecular flexibility index (Phi) is 6.09. The number of aliphatic hydroxyl groups excluding tert-OH is 1. The van der Waals surface area contributed by atoms with E-state index >= 15 is 0 Å². The average Bonchev–Trinajstić information content (AvgIpc) is 3.50. The van der Waals surface area contributed by atoms with Crippen LogP contribution in [0.5, 0.6) is 5.75 Å². The maximum atomic E-state index is 12.8. The molecular weight excluding hydrogens is 414 g/mol. The van der Waals surface area contributed by atoms with Gasteiger partial charge in [-0.15, -0.1) is 0 Å². The van der Waals surface area contributed by atoms with Gasteiger partial charge in [-0.25, -0.2) is 0 Å². The van der Waals surface area contributed by atoms with E-state index < -0.39 is 10.8 Å². The Morgan fingerprint density at radius 2 is 1.97 bits per heavy atom. The second kappa shape index (κ2) is 9.11. The molecule has 4 rings (SSSR count). The molecule has 1 aliphatic heterocycles. The van der Waals surface area contributed by atoms with Crippen LogP contribution in [0.4, 0.5) is 17.1 Å². The smallest absolute Gasteiger partial charge is 0.293 e. The van der Waals surface area contributed by atoms with Crippen molar-refractivity contribution in [2.75, 3.05) is 30.4 Å². The van der Waals surface area contributed by atoms with Gasteiger partial charge in [0, 0.05) is 36.5 Å². The highest BCUT2D eigenvalue weighted by atomic mass is 16.6. The fourth-order valence-electron chi connectivity index (χ4n) is 3.82. The van der Waals surface area contributed by atoms with E-state index in [9.17, 15) is 20.0 Å². The van der Waals surface area contributed by atoms with Gasteiger partial charge in [0.1, 0.15) is 29.6 Å². The van der Waals surface area contributed by atoms with E-state index in [4.69, 9.17) is 9.15 Å². The Bertz CT molecular complexity index is 1150. The van der Waals surface area contributed by atoms with Crippen molar-refractivity contribution in [3.63, 3.8) is 0 Å². The summed E-state index contributed by atoms with van der Waals surface area (Å²) in [6, 6.07) is 13.0. The minimum absolute atomic E-state index is 0.0787. The van der Waals surface area contributed by atoms with Gasteiger partial charge >= 0.3 is 0 Å². The molecule has 0 aliphatic carbocycles. The highest BCUT2D eigenvalue weighted by Crippen LogP contribution is 2.35. The van der Waals surface area contributed by atoms with Gasteiger partial charge in [0.05, 0.1) is 17.6 Å². The Morgan fingerprint density at radius 3 is 2.62 bits per heavy atom. The zero-order valence-electron chi connectivity index (χ0n) is 17.5. The monoisotopic (exact) mass is 437 g/mol. The quantitative estimate of drug-likeness (QED) is 0.420. The summed E-state index contributed by atoms with van der Waals surface area (Å²) in [7, 11) is 1.50. The van der Waals surface area contributed by atoms with Crippen LogP contribution in [0.2, 0.25) is 0 Å². The number of hydrogen-bond donors (Lipinski definition) is 2. The Hall–Kier alpha value is -3.85. The Labute approximate surface area is 184 Å². The molecule has 0 radical (unpaired) electrons. The zero-order valence-corrected chi connectivity index (χ0v) is 17.5. The van der Waals surface area contributed by atoms with Gasteiger partial charge in [0.15, 0.2) is 0 Å². The highest BCUT2D eigenvalue weighted by molar-refractivity contribution is 6.05. The fraction of sp³-hybridized carbons (Fsp3) is 0.261. The number of carbonyl (C=O) groups is 1. The van der Waals surface area contributed by atoms with Gasteiger partial charge in [0.25, 0.3) is 11.6 Å². The summed E-state index contributed by atoms with van der Waals surface area (Å²) in [5, 5.41) is 23.5. The van der Waals surface area contributed by atoms with E-state index in [0.29, 0.717) is 34.2 Å². The van der Waals surface area contributed by atoms with Crippen LogP contribution in [0.15, 0.2) is 52.9 Å². The summed E-state index contributed by atoms with van der Waals surface area (Å²) in [5.74, 6) is 0.962. The third kappa shape index (κ3) is 4.28. The molecule has 2 aromatic carbocycles. The van der Waals surface area contributed by atoms with Crippen LogP contribution < -0.4 is 15.0 Å². The number of nitro benzene ring substituents is 1. The van der Waals surface area contributed by atoms with E-state index in [-0.39, 0.29) is 17.9 Å². The first-order valence-corrected chi connectivity index (χ1v) is 10.2. The lowest BCUT2D eigenvalue weighted by atomic mass is 10.1. The summed E-state index contributed by atoms with van der Waals surface area (Å²) in [6.07, 6.45) is 1.99. The number of nitrogens with one attached hydrogen (secondary N) is 1. The number of nitro groups is 1. The van der Waals surface area contributed by atoms with Crippen molar-refractivity contribution in [1.29, 1.82) is 0 Å². The number of benzene rings is 2. The first kappa shape index (κ1) is 21.4. The topological polar surface area (TPSA) is 118 Å². The van der Waals surface area contributed by atoms with E-state index in [1.807, 2.05) is 4.90 Å². The molecule has 9 heteroatoms. The number of carbonyl (C=O) groups excluding carboxylic acids is 1. The first-order valence-electron chi connectivity index (χ1n) is 10.2. The molecule has 3 aromatic rings. The Morgan fingerprint density at radius 1 is 1.19 bits per heavy atom. The Balaban J connectivity index is 1.57. The van der Waals surface area contributed by atoms with Crippen molar-refractivity contribution in [2.45, 2.75) is 19.4 Å². The van der Waals surface area contributed by atoms with Crippen LogP contribution in [0.25, 0.3) is 11.3 Å². The number of rotatable bonds is 7. The van der Waals surface area contributed by atoms with Crippen LogP contribution in [-0.2, 0) is 6.61 Å². The molecule has 1 saturated heterocycles. The summed E-state index contributed by atoms with van der Waals surface area (Å²) in [5.41, 5.74) is 1.79. The van der Waals surface area contributed by atoms with Crippen LogP contribution in [0.3, 0.4) is 0 Å². The van der Waals surface area contributed by atoms with Crippen molar-refractivity contribution < 1.29 is 24.0 Å². The summed E-state index contributed by atoms with van der Waals surface area (Å²) in [6.45, 7) is 1.33. The zero-order chi connectivity index (χ0) is 22.7. The van der Waals surface area contributed by atoms with Gasteiger partial charge in [-0.05, 0) is 49.2 Å². The van der Waals surface area contributed by atoms with Crippen molar-refractivity contribution in [2.24, 2.45) is 0 Å². The SMILES string of the molecule is COc1cc(NC(=O)c2ccc(N3CCCC3)c([N+](=O)[O-])c2)ccc1-c1ccc(CO)o1. The number of amides is 1. The molecular formula is C23H23N3O6. The molecule has 0 unspecified atom stereocenters. The minimum Gasteiger partial charge on any atom is -0.496 e. The molecule has 1 aromatic heterocycles. The lowest BCUT2D eigenvalue weighted by Crippen LogP contribution is -2.19. The fourth-order valence-corrected chi connectivity index (χ4v) is 3.82. The first-order chi connectivity index (χ1) is 15.5. The lowest BCUT2D eigenvalue weighted by Gasteiger charge is -2.18. The van der Waals surface area contributed by atoms with E-state index in [1.54, 1.807) is 42.5 Å². The lowest BCUT2D eigenvalue weighted by molar-refractivity contribution is -0.384. The van der Waals surface area contributed by atoms with Crippen molar-refractivity contribution in [3.05, 3.63) is 70.0 Å². The van der Waals surface area contributed by atoms with Crippen molar-refractivity contribution in [1.82, 2.24) is 0 Å². The van der Waals surface area contributed by atoms with Crippen LogP contribution in [0, 0.1) is 10.1 Å². The maximum absolute atomic E-state index is 12.8. The minimum atomic E-state index is -0.462. The van der Waals surface area contributed by atoms with E-state index in [0.717, 1.165) is 25.9 Å². The van der Waals surface area contributed by atoms with Crippen LogP contribution >= 0.6 is 0 Å². The summed E-state index contributed by atoms with van der Waals surface area (Å²) in [4.78, 5) is 25.9. The van der Waals surface area contributed by atoms with Crippen LogP contribution in [0.1, 0.15) is 29.0 Å². The van der Waals surface area contributed by atoms with E-state index in [2.05, 4.69) is 5.32 Å². The second-order valence-electron chi connectivity index (χ2n) is 7.45. The number of furan rings is 1. The van der Waals surface area contributed by atoms with Gasteiger partial charge in [0.2, 0.25) is 0 Å². The maximum Gasteiger partial charge on any atom is 0.293 e. The molecule has 0 bridgehead atoms. The molecule has 0 saturated carbocycles. The second-order valence-corrected chi connectivity index (χ2v) is 7.45. The van der Waals surface area contributed by atoms with E-state index in [1.165, 1.54) is 13.2 Å². The highest BCUT2D eigenvalue weighted by Gasteiger charge is 2.24. The van der Waals surface area contributed by atoms with Gasteiger partial charge in [-0.2, -0.15) is 0 Å². The molecule has 1 fully saturated rings.